The van der Waals surface area contributed by atoms with E-state index < -0.39 is 0 Å². The summed E-state index contributed by atoms with van der Waals surface area (Å²) in [6.07, 6.45) is 0. The molecule has 0 saturated heterocycles. The van der Waals surface area contributed by atoms with E-state index in [-0.39, 0.29) is 29.9 Å². The smallest absolute Gasteiger partial charge is 0.252 e. The number of likely N-dealkylation sites (N-methyl/N-ethyl adjacent to an activating group) is 1. The molecule has 174 valence electrons. The highest BCUT2D eigenvalue weighted by Gasteiger charge is 2.26. The predicted octanol–water partition coefficient (Wildman–Crippen LogP) is 4.79. The van der Waals surface area contributed by atoms with Crippen molar-refractivity contribution in [2.24, 2.45) is 0 Å². The Bertz CT molecular complexity index is 1330. The van der Waals surface area contributed by atoms with E-state index in [9.17, 15) is 15.0 Å². The number of fused-ring (bicyclic) bond motifs is 1. The number of carbonyl (C=O) groups is 1. The van der Waals surface area contributed by atoms with Crippen molar-refractivity contribution in [1.29, 1.82) is 0 Å². The molecule has 0 atom stereocenters. The maximum atomic E-state index is 12.6. The van der Waals surface area contributed by atoms with Crippen LogP contribution in [0.15, 0.2) is 60.2 Å². The second kappa shape index (κ2) is 9.90. The Balaban J connectivity index is 1.53. The zero-order valence-electron chi connectivity index (χ0n) is 19.6. The molecule has 0 aliphatic carbocycles. The van der Waals surface area contributed by atoms with Crippen molar-refractivity contribution < 1.29 is 19.8 Å². The number of hydrogen-bond acceptors (Lipinski definition) is 5. The zero-order chi connectivity index (χ0) is 24.2. The van der Waals surface area contributed by atoms with Gasteiger partial charge in [-0.05, 0) is 47.4 Å². The van der Waals surface area contributed by atoms with Gasteiger partial charge in [0.15, 0.2) is 5.76 Å². The fourth-order valence-electron chi connectivity index (χ4n) is 3.90. The van der Waals surface area contributed by atoms with Crippen LogP contribution in [0.5, 0.6) is 11.5 Å². The van der Waals surface area contributed by atoms with Crippen LogP contribution in [0.2, 0.25) is 0 Å². The Morgan fingerprint density at radius 2 is 1.85 bits per heavy atom. The molecule has 3 N–H and O–H groups in total. The summed E-state index contributed by atoms with van der Waals surface area (Å²) in [5, 5.41) is 27.3. The van der Waals surface area contributed by atoms with Crippen LogP contribution in [0, 0.1) is 11.8 Å². The Morgan fingerprint density at radius 3 is 2.59 bits per heavy atom. The average molecular weight is 457 g/mol. The van der Waals surface area contributed by atoms with E-state index in [2.05, 4.69) is 17.2 Å². The third kappa shape index (κ3) is 4.85. The fourth-order valence-corrected chi connectivity index (χ4v) is 3.90. The van der Waals surface area contributed by atoms with Crippen LogP contribution in [-0.2, 0) is 4.84 Å². The number of benzene rings is 3. The van der Waals surface area contributed by atoms with Gasteiger partial charge in [0.1, 0.15) is 11.5 Å². The molecule has 4 rings (SSSR count). The van der Waals surface area contributed by atoms with Crippen molar-refractivity contribution >= 4 is 22.4 Å². The first kappa shape index (κ1) is 23.2. The molecular weight excluding hydrogens is 428 g/mol. The molecule has 0 aromatic heterocycles. The molecule has 6 heteroatoms. The third-order valence-corrected chi connectivity index (χ3v) is 5.78. The van der Waals surface area contributed by atoms with Crippen LogP contribution in [0.4, 0.5) is 0 Å². The van der Waals surface area contributed by atoms with E-state index >= 15 is 0 Å². The van der Waals surface area contributed by atoms with Crippen LogP contribution in [0.1, 0.15) is 48.2 Å². The second-order valence-corrected chi connectivity index (χ2v) is 8.48. The van der Waals surface area contributed by atoms with Crippen LogP contribution >= 0.6 is 0 Å². The van der Waals surface area contributed by atoms with Crippen molar-refractivity contribution in [3.63, 3.8) is 0 Å². The molecule has 0 fully saturated rings. The van der Waals surface area contributed by atoms with Crippen LogP contribution < -0.4 is 5.32 Å². The second-order valence-electron chi connectivity index (χ2n) is 8.48. The van der Waals surface area contributed by atoms with Gasteiger partial charge in [0, 0.05) is 18.2 Å². The van der Waals surface area contributed by atoms with Gasteiger partial charge in [-0.15, -0.1) is 5.06 Å². The number of phenols is 2. The van der Waals surface area contributed by atoms with Crippen molar-refractivity contribution in [2.45, 2.75) is 26.7 Å². The van der Waals surface area contributed by atoms with E-state index in [0.29, 0.717) is 41.1 Å². The summed E-state index contributed by atoms with van der Waals surface area (Å²) in [5.74, 6) is 6.42. The minimum Gasteiger partial charge on any atom is -0.508 e. The number of hydroxylamine groups is 2. The Morgan fingerprint density at radius 1 is 1.09 bits per heavy atom. The molecule has 1 heterocycles. The van der Waals surface area contributed by atoms with Crippen molar-refractivity contribution in [1.82, 2.24) is 10.4 Å². The van der Waals surface area contributed by atoms with Crippen molar-refractivity contribution in [3.8, 4) is 23.3 Å². The molecule has 3 aromatic carbocycles. The van der Waals surface area contributed by atoms with E-state index in [1.54, 1.807) is 17.2 Å². The van der Waals surface area contributed by atoms with Crippen LogP contribution in [0.25, 0.3) is 16.5 Å². The van der Waals surface area contributed by atoms with Gasteiger partial charge in [0.2, 0.25) is 0 Å². The maximum absolute atomic E-state index is 12.6. The molecular formula is C28H28N2O4. The molecule has 1 aliphatic heterocycles. The number of carbonyl (C=O) groups excluding carboxylic acids is 1. The lowest BCUT2D eigenvalue weighted by molar-refractivity contribution is -0.0563. The molecule has 0 bridgehead atoms. The summed E-state index contributed by atoms with van der Waals surface area (Å²) in [5.41, 5.74) is 2.49. The van der Waals surface area contributed by atoms with Gasteiger partial charge in [0.05, 0.1) is 24.2 Å². The van der Waals surface area contributed by atoms with Crippen molar-refractivity contribution in [2.75, 3.05) is 19.6 Å². The summed E-state index contributed by atoms with van der Waals surface area (Å²) in [4.78, 5) is 18.5. The predicted molar refractivity (Wildman–Crippen MR) is 133 cm³/mol. The molecule has 3 aromatic rings. The van der Waals surface area contributed by atoms with Crippen LogP contribution in [0.3, 0.4) is 0 Å². The lowest BCUT2D eigenvalue weighted by Gasteiger charge is -2.16. The normalized spacial score (nSPS) is 13.6. The summed E-state index contributed by atoms with van der Waals surface area (Å²) in [7, 11) is 0. The van der Waals surface area contributed by atoms with Gasteiger partial charge in [-0.3, -0.25) is 4.79 Å². The zero-order valence-corrected chi connectivity index (χ0v) is 19.6. The van der Waals surface area contributed by atoms with Gasteiger partial charge in [-0.1, -0.05) is 56.0 Å². The quantitative estimate of drug-likeness (QED) is 0.481. The minimum atomic E-state index is -0.190. The third-order valence-electron chi connectivity index (χ3n) is 5.78. The highest BCUT2D eigenvalue weighted by Crippen LogP contribution is 2.39. The lowest BCUT2D eigenvalue weighted by atomic mass is 9.97. The summed E-state index contributed by atoms with van der Waals surface area (Å²) in [6.45, 7) is 7.19. The molecule has 34 heavy (non-hydrogen) atoms. The first-order chi connectivity index (χ1) is 16.4. The summed E-state index contributed by atoms with van der Waals surface area (Å²) < 4.78 is 0. The van der Waals surface area contributed by atoms with Crippen molar-refractivity contribution in [3.05, 3.63) is 76.9 Å². The standard InChI is InChI=1S/C28H28N2O4/c1-4-30-17-22(27(34-30)24-15-23(18(2)3)25(31)16-26(24)32)10-7-13-29-28(33)21-12-11-19-8-5-6-9-20(19)14-21/h5-6,8-9,11-12,14-16,18,31-32H,4,13,17H2,1-3H3,(H,29,33). The average Bonchev–Trinajstić information content (AvgIpc) is 3.24. The SMILES string of the molecule is CCN1CC(C#CCNC(=O)c2ccc3ccccc3c2)=C(c2cc(C(C)C)c(O)cc2O)O1. The summed E-state index contributed by atoms with van der Waals surface area (Å²) in [6, 6.07) is 16.6. The lowest BCUT2D eigenvalue weighted by Crippen LogP contribution is -2.23. The molecule has 1 amide bonds. The number of nitrogens with zero attached hydrogens (tertiary/aromatic N) is 1. The highest BCUT2D eigenvalue weighted by molar-refractivity contribution is 5.98. The minimum absolute atomic E-state index is 0.0474. The van der Waals surface area contributed by atoms with E-state index in [1.165, 1.54) is 6.07 Å². The molecule has 6 nitrogen and oxygen atoms in total. The summed E-state index contributed by atoms with van der Waals surface area (Å²) >= 11 is 0. The monoisotopic (exact) mass is 456 g/mol. The van der Waals surface area contributed by atoms with Gasteiger partial charge < -0.3 is 20.4 Å². The number of aromatic hydroxyl groups is 2. The topological polar surface area (TPSA) is 82.0 Å². The van der Waals surface area contributed by atoms with Gasteiger partial charge in [-0.25, -0.2) is 0 Å². The number of hydrogen-bond donors (Lipinski definition) is 3. The Hall–Kier alpha value is -3.95. The molecule has 0 radical (unpaired) electrons. The molecule has 0 spiro atoms. The molecule has 1 aliphatic rings. The first-order valence-corrected chi connectivity index (χ1v) is 11.4. The fraction of sp³-hybridized carbons (Fsp3) is 0.250. The number of nitrogens with one attached hydrogen (secondary N) is 1. The van der Waals surface area contributed by atoms with Gasteiger partial charge in [0.25, 0.3) is 5.91 Å². The van der Waals surface area contributed by atoms with E-state index in [0.717, 1.165) is 10.8 Å². The number of rotatable bonds is 5. The number of phenolic OH excluding ortho intramolecular Hbond substituents is 2. The Labute approximate surface area is 199 Å². The molecule has 0 saturated carbocycles. The Kier molecular flexibility index (Phi) is 6.76. The van der Waals surface area contributed by atoms with Gasteiger partial charge in [-0.2, -0.15) is 0 Å². The first-order valence-electron chi connectivity index (χ1n) is 11.4. The van der Waals surface area contributed by atoms with E-state index in [4.69, 9.17) is 4.84 Å². The van der Waals surface area contributed by atoms with Crippen LogP contribution in [-0.4, -0.2) is 40.8 Å². The van der Waals surface area contributed by atoms with Gasteiger partial charge >= 0.3 is 0 Å². The highest BCUT2D eigenvalue weighted by atomic mass is 16.7. The largest absolute Gasteiger partial charge is 0.508 e. The number of amides is 1. The molecule has 0 unspecified atom stereocenters. The van der Waals surface area contributed by atoms with E-state index in [1.807, 2.05) is 57.2 Å². The maximum Gasteiger partial charge on any atom is 0.252 e.